The van der Waals surface area contributed by atoms with Crippen molar-refractivity contribution < 1.29 is 0 Å². The highest BCUT2D eigenvalue weighted by Crippen LogP contribution is 2.53. The van der Waals surface area contributed by atoms with Gasteiger partial charge in [0.15, 0.2) is 0 Å². The molecule has 1 atom stereocenters. The lowest BCUT2D eigenvalue weighted by atomic mass is 9.59. The van der Waals surface area contributed by atoms with Crippen LogP contribution < -0.4 is 5.73 Å². The van der Waals surface area contributed by atoms with Gasteiger partial charge in [-0.1, -0.05) is 27.7 Å². The van der Waals surface area contributed by atoms with Crippen LogP contribution in [0.1, 0.15) is 56.5 Å². The van der Waals surface area contributed by atoms with Crippen molar-refractivity contribution in [1.29, 1.82) is 5.26 Å². The van der Waals surface area contributed by atoms with Crippen LogP contribution in [0.4, 0.5) is 5.00 Å². The molecule has 3 heteroatoms. The molecule has 92 valence electrons. The van der Waals surface area contributed by atoms with Gasteiger partial charge < -0.3 is 5.73 Å². The zero-order valence-electron chi connectivity index (χ0n) is 11.1. The Bertz CT molecular complexity index is 488. The summed E-state index contributed by atoms with van der Waals surface area (Å²) in [6, 6.07) is 2.32. The van der Waals surface area contributed by atoms with Gasteiger partial charge in [0.25, 0.3) is 0 Å². The highest BCUT2D eigenvalue weighted by molar-refractivity contribution is 7.16. The smallest absolute Gasteiger partial charge is 0.104 e. The van der Waals surface area contributed by atoms with Crippen LogP contribution in [-0.2, 0) is 11.8 Å². The molecule has 0 fully saturated rings. The molecule has 17 heavy (non-hydrogen) atoms. The molecule has 0 radical (unpaired) electrons. The minimum Gasteiger partial charge on any atom is -0.389 e. The second kappa shape index (κ2) is 3.74. The minimum atomic E-state index is 0.0692. The first-order valence-corrected chi connectivity index (χ1v) is 6.94. The number of nitrogens with zero attached hydrogens (tertiary/aromatic N) is 1. The van der Waals surface area contributed by atoms with Crippen molar-refractivity contribution in [2.75, 3.05) is 5.73 Å². The standard InChI is InChI=1S/C14H20N2S/c1-13(2,3)14(4)7-5-6-10-11(14)9(8-15)12(16)17-10/h5-7,16H2,1-4H3/t14-/m0/s1. The highest BCUT2D eigenvalue weighted by Gasteiger charge is 2.44. The van der Waals surface area contributed by atoms with E-state index in [1.165, 1.54) is 16.9 Å². The van der Waals surface area contributed by atoms with E-state index >= 15 is 0 Å². The Morgan fingerprint density at radius 2 is 2.06 bits per heavy atom. The minimum absolute atomic E-state index is 0.0692. The van der Waals surface area contributed by atoms with Crippen molar-refractivity contribution in [2.24, 2.45) is 5.41 Å². The van der Waals surface area contributed by atoms with E-state index < -0.39 is 0 Å². The summed E-state index contributed by atoms with van der Waals surface area (Å²) < 4.78 is 0. The second-order valence-corrected chi connectivity index (χ2v) is 7.32. The predicted molar refractivity (Wildman–Crippen MR) is 73.2 cm³/mol. The molecular formula is C14H20N2S. The predicted octanol–water partition coefficient (Wildman–Crippen LogP) is 3.84. The quantitative estimate of drug-likeness (QED) is 0.758. The van der Waals surface area contributed by atoms with E-state index in [4.69, 9.17) is 5.73 Å². The Kier molecular flexibility index (Phi) is 2.74. The van der Waals surface area contributed by atoms with E-state index in [2.05, 4.69) is 33.8 Å². The summed E-state index contributed by atoms with van der Waals surface area (Å²) >= 11 is 1.62. The number of fused-ring (bicyclic) bond motifs is 1. The van der Waals surface area contributed by atoms with Gasteiger partial charge in [0.2, 0.25) is 0 Å². The van der Waals surface area contributed by atoms with Crippen LogP contribution in [0.5, 0.6) is 0 Å². The number of anilines is 1. The van der Waals surface area contributed by atoms with E-state index in [0.29, 0.717) is 5.00 Å². The molecule has 0 unspecified atom stereocenters. The molecule has 1 aliphatic carbocycles. The Labute approximate surface area is 107 Å². The molecule has 0 saturated heterocycles. The second-order valence-electron chi connectivity index (χ2n) is 6.19. The summed E-state index contributed by atoms with van der Waals surface area (Å²) in [6.45, 7) is 9.07. The van der Waals surface area contributed by atoms with E-state index in [-0.39, 0.29) is 10.8 Å². The van der Waals surface area contributed by atoms with Gasteiger partial charge in [-0.2, -0.15) is 5.26 Å². The van der Waals surface area contributed by atoms with Crippen molar-refractivity contribution in [3.05, 3.63) is 16.0 Å². The van der Waals surface area contributed by atoms with Crippen molar-refractivity contribution in [1.82, 2.24) is 0 Å². The zero-order chi connectivity index (χ0) is 12.8. The molecule has 2 rings (SSSR count). The number of thiophene rings is 1. The largest absolute Gasteiger partial charge is 0.389 e. The molecule has 0 bridgehead atoms. The Morgan fingerprint density at radius 1 is 1.41 bits per heavy atom. The molecule has 1 aliphatic rings. The van der Waals surface area contributed by atoms with Gasteiger partial charge in [-0.3, -0.25) is 0 Å². The maximum atomic E-state index is 9.34. The lowest BCUT2D eigenvalue weighted by Gasteiger charge is -2.45. The van der Waals surface area contributed by atoms with Gasteiger partial charge in [0.05, 0.1) is 5.56 Å². The first-order chi connectivity index (χ1) is 7.81. The number of nitrogens with two attached hydrogens (primary N) is 1. The molecule has 1 aromatic rings. The van der Waals surface area contributed by atoms with Crippen LogP contribution in [-0.4, -0.2) is 0 Å². The number of nitrogen functional groups attached to an aromatic ring is 1. The van der Waals surface area contributed by atoms with Gasteiger partial charge >= 0.3 is 0 Å². The molecule has 0 aromatic carbocycles. The average Bonchev–Trinajstić information content (AvgIpc) is 2.53. The lowest BCUT2D eigenvalue weighted by Crippen LogP contribution is -2.40. The van der Waals surface area contributed by atoms with Crippen LogP contribution in [0, 0.1) is 16.7 Å². The topological polar surface area (TPSA) is 49.8 Å². The fraction of sp³-hybridized carbons (Fsp3) is 0.643. The van der Waals surface area contributed by atoms with Gasteiger partial charge in [0, 0.05) is 4.88 Å². The fourth-order valence-electron chi connectivity index (χ4n) is 2.85. The lowest BCUT2D eigenvalue weighted by molar-refractivity contribution is 0.177. The maximum absolute atomic E-state index is 9.34. The molecule has 0 saturated carbocycles. The summed E-state index contributed by atoms with van der Waals surface area (Å²) in [4.78, 5) is 1.34. The van der Waals surface area contributed by atoms with Crippen molar-refractivity contribution in [3.8, 4) is 6.07 Å². The number of hydrogen-bond donors (Lipinski definition) is 1. The SMILES string of the molecule is CC(C)(C)[C@@]1(C)CCCc2sc(N)c(C#N)c21. The average molecular weight is 248 g/mol. The third-order valence-corrected chi connectivity index (χ3v) is 5.49. The number of nitriles is 1. The number of hydrogen-bond acceptors (Lipinski definition) is 3. The molecule has 0 spiro atoms. The van der Waals surface area contributed by atoms with Gasteiger partial charge in [-0.05, 0) is 35.7 Å². The molecule has 2 N–H and O–H groups in total. The monoisotopic (exact) mass is 248 g/mol. The van der Waals surface area contributed by atoms with Crippen LogP contribution in [0.15, 0.2) is 0 Å². The summed E-state index contributed by atoms with van der Waals surface area (Å²) in [5.74, 6) is 0. The van der Waals surface area contributed by atoms with Crippen LogP contribution in [0.2, 0.25) is 0 Å². The van der Waals surface area contributed by atoms with Gasteiger partial charge in [-0.15, -0.1) is 11.3 Å². The number of rotatable bonds is 0. The Hall–Kier alpha value is -1.01. The molecule has 1 heterocycles. The third kappa shape index (κ3) is 1.66. The summed E-state index contributed by atoms with van der Waals surface area (Å²) in [5.41, 5.74) is 8.19. The molecule has 2 nitrogen and oxygen atoms in total. The number of aryl methyl sites for hydroxylation is 1. The molecule has 1 aromatic heterocycles. The third-order valence-electron chi connectivity index (χ3n) is 4.41. The van der Waals surface area contributed by atoms with E-state index in [1.807, 2.05) is 0 Å². The molecule has 0 amide bonds. The summed E-state index contributed by atoms with van der Waals surface area (Å²) in [6.07, 6.45) is 3.43. The van der Waals surface area contributed by atoms with Crippen LogP contribution >= 0.6 is 11.3 Å². The fourth-order valence-corrected chi connectivity index (χ4v) is 4.04. The summed E-state index contributed by atoms with van der Waals surface area (Å²) in [7, 11) is 0. The molecule has 0 aliphatic heterocycles. The molecular weight excluding hydrogens is 228 g/mol. The van der Waals surface area contributed by atoms with Gasteiger partial charge in [0.1, 0.15) is 11.1 Å². The zero-order valence-corrected chi connectivity index (χ0v) is 11.9. The van der Waals surface area contributed by atoms with Crippen molar-refractivity contribution in [2.45, 2.75) is 52.4 Å². The highest BCUT2D eigenvalue weighted by atomic mass is 32.1. The normalized spacial score (nSPS) is 24.2. The van der Waals surface area contributed by atoms with Crippen molar-refractivity contribution >= 4 is 16.3 Å². The van der Waals surface area contributed by atoms with Crippen molar-refractivity contribution in [3.63, 3.8) is 0 Å². The van der Waals surface area contributed by atoms with Crippen LogP contribution in [0.25, 0.3) is 0 Å². The first kappa shape index (κ1) is 12.4. The Morgan fingerprint density at radius 3 is 2.59 bits per heavy atom. The Balaban J connectivity index is 2.70. The maximum Gasteiger partial charge on any atom is 0.104 e. The van der Waals surface area contributed by atoms with E-state index in [0.717, 1.165) is 18.4 Å². The van der Waals surface area contributed by atoms with Crippen LogP contribution in [0.3, 0.4) is 0 Å². The van der Waals surface area contributed by atoms with E-state index in [9.17, 15) is 5.26 Å². The van der Waals surface area contributed by atoms with E-state index in [1.54, 1.807) is 11.3 Å². The summed E-state index contributed by atoms with van der Waals surface area (Å²) in [5, 5.41) is 10.0. The first-order valence-electron chi connectivity index (χ1n) is 6.13. The van der Waals surface area contributed by atoms with Gasteiger partial charge in [-0.25, -0.2) is 0 Å².